The fourth-order valence-corrected chi connectivity index (χ4v) is 3.64. The molecule has 0 aliphatic carbocycles. The number of ether oxygens (including phenoxy) is 1. The zero-order valence-electron chi connectivity index (χ0n) is 16.0. The second-order valence-electron chi connectivity index (χ2n) is 6.66. The van der Waals surface area contributed by atoms with Gasteiger partial charge in [-0.3, -0.25) is 4.79 Å². The van der Waals surface area contributed by atoms with Crippen LogP contribution in [0.5, 0.6) is 5.75 Å². The number of benzene rings is 3. The fourth-order valence-electron chi connectivity index (χ4n) is 2.80. The Balaban J connectivity index is 1.45. The van der Waals surface area contributed by atoms with Gasteiger partial charge in [-0.1, -0.05) is 60.2 Å². The van der Waals surface area contributed by atoms with Crippen LogP contribution in [0.3, 0.4) is 0 Å². The van der Waals surface area contributed by atoms with Crippen molar-refractivity contribution in [2.45, 2.75) is 13.5 Å². The number of aliphatic imine (C=N–C) groups is 1. The highest BCUT2D eigenvalue weighted by Gasteiger charge is 2.23. The van der Waals surface area contributed by atoms with Crippen LogP contribution >= 0.6 is 11.8 Å². The monoisotopic (exact) mass is 400 g/mol. The molecule has 1 aliphatic rings. The van der Waals surface area contributed by atoms with Crippen LogP contribution in [0.2, 0.25) is 0 Å². The normalized spacial score (nSPS) is 16.2. The SMILES string of the molecule is Cc1ccc(COc2cccc(/C=C3\SC(=Nc4ccccc4)NC3=O)c2)cc1. The number of rotatable bonds is 5. The minimum absolute atomic E-state index is 0.143. The van der Waals surface area contributed by atoms with Gasteiger partial charge in [-0.05, 0) is 60.2 Å². The van der Waals surface area contributed by atoms with Crippen molar-refractivity contribution in [3.05, 3.63) is 100 Å². The molecule has 3 aromatic rings. The molecule has 144 valence electrons. The van der Waals surface area contributed by atoms with E-state index in [1.165, 1.54) is 17.3 Å². The maximum absolute atomic E-state index is 12.3. The molecule has 0 unspecified atom stereocenters. The summed E-state index contributed by atoms with van der Waals surface area (Å²) in [5.74, 6) is 0.622. The molecule has 3 aromatic carbocycles. The Morgan fingerprint density at radius 1 is 1.00 bits per heavy atom. The van der Waals surface area contributed by atoms with Crippen molar-refractivity contribution >= 4 is 34.6 Å². The van der Waals surface area contributed by atoms with E-state index in [0.29, 0.717) is 16.7 Å². The molecule has 29 heavy (non-hydrogen) atoms. The molecule has 1 saturated heterocycles. The van der Waals surface area contributed by atoms with Gasteiger partial charge in [0.05, 0.1) is 10.6 Å². The lowest BCUT2D eigenvalue weighted by molar-refractivity contribution is -0.115. The molecule has 0 saturated carbocycles. The molecule has 1 aliphatic heterocycles. The van der Waals surface area contributed by atoms with Gasteiger partial charge in [0, 0.05) is 0 Å². The third kappa shape index (κ3) is 5.15. The fraction of sp³-hybridized carbons (Fsp3) is 0.0833. The van der Waals surface area contributed by atoms with E-state index in [0.717, 1.165) is 22.6 Å². The number of carbonyl (C=O) groups excluding carboxylic acids is 1. The van der Waals surface area contributed by atoms with Crippen molar-refractivity contribution in [2.24, 2.45) is 4.99 Å². The van der Waals surface area contributed by atoms with Gasteiger partial charge in [0.15, 0.2) is 5.17 Å². The molecule has 1 amide bonds. The predicted octanol–water partition coefficient (Wildman–Crippen LogP) is 5.47. The summed E-state index contributed by atoms with van der Waals surface area (Å²) in [6.45, 7) is 2.57. The van der Waals surface area contributed by atoms with Crippen molar-refractivity contribution in [3.8, 4) is 5.75 Å². The smallest absolute Gasteiger partial charge is 0.264 e. The molecule has 1 heterocycles. The van der Waals surface area contributed by atoms with Crippen LogP contribution in [0.4, 0.5) is 5.69 Å². The minimum atomic E-state index is -0.143. The molecule has 4 rings (SSSR count). The summed E-state index contributed by atoms with van der Waals surface area (Å²) in [5, 5.41) is 3.40. The number of amides is 1. The Morgan fingerprint density at radius 3 is 2.59 bits per heavy atom. The first-order valence-electron chi connectivity index (χ1n) is 9.29. The van der Waals surface area contributed by atoms with Gasteiger partial charge >= 0.3 is 0 Å². The summed E-state index contributed by atoms with van der Waals surface area (Å²) in [4.78, 5) is 17.4. The lowest BCUT2D eigenvalue weighted by atomic mass is 10.1. The van der Waals surface area contributed by atoms with Crippen LogP contribution < -0.4 is 10.1 Å². The molecule has 0 spiro atoms. The van der Waals surface area contributed by atoms with Gasteiger partial charge < -0.3 is 10.1 Å². The quantitative estimate of drug-likeness (QED) is 0.578. The molecule has 0 atom stereocenters. The number of carbonyl (C=O) groups is 1. The molecular weight excluding hydrogens is 380 g/mol. The van der Waals surface area contributed by atoms with Crippen LogP contribution in [0.25, 0.3) is 6.08 Å². The average Bonchev–Trinajstić information content (AvgIpc) is 3.07. The summed E-state index contributed by atoms with van der Waals surface area (Å²) < 4.78 is 5.90. The van der Waals surface area contributed by atoms with Gasteiger partial charge in [-0.15, -0.1) is 0 Å². The van der Waals surface area contributed by atoms with E-state index >= 15 is 0 Å². The van der Waals surface area contributed by atoms with Crippen molar-refractivity contribution in [3.63, 3.8) is 0 Å². The number of nitrogens with zero attached hydrogens (tertiary/aromatic N) is 1. The van der Waals surface area contributed by atoms with Gasteiger partial charge in [0.2, 0.25) is 0 Å². The first-order chi connectivity index (χ1) is 14.2. The molecule has 1 N–H and O–H groups in total. The van der Waals surface area contributed by atoms with Crippen LogP contribution in [0, 0.1) is 6.92 Å². The van der Waals surface area contributed by atoms with Gasteiger partial charge in [0.1, 0.15) is 12.4 Å². The Labute approximate surface area is 174 Å². The van der Waals surface area contributed by atoms with E-state index in [2.05, 4.69) is 41.5 Å². The lowest BCUT2D eigenvalue weighted by Crippen LogP contribution is -2.19. The summed E-state index contributed by atoms with van der Waals surface area (Å²) >= 11 is 1.34. The first-order valence-corrected chi connectivity index (χ1v) is 10.1. The van der Waals surface area contributed by atoms with E-state index in [9.17, 15) is 4.79 Å². The molecule has 4 nitrogen and oxygen atoms in total. The molecule has 0 radical (unpaired) electrons. The number of hydrogen-bond acceptors (Lipinski definition) is 4. The van der Waals surface area contributed by atoms with Crippen molar-refractivity contribution in [1.82, 2.24) is 5.32 Å². The van der Waals surface area contributed by atoms with Gasteiger partial charge in [0.25, 0.3) is 5.91 Å². The molecule has 1 fully saturated rings. The van der Waals surface area contributed by atoms with E-state index in [4.69, 9.17) is 4.74 Å². The van der Waals surface area contributed by atoms with E-state index in [-0.39, 0.29) is 5.91 Å². The van der Waals surface area contributed by atoms with Crippen molar-refractivity contribution in [2.75, 3.05) is 0 Å². The zero-order valence-corrected chi connectivity index (χ0v) is 16.8. The number of thioether (sulfide) groups is 1. The van der Waals surface area contributed by atoms with Gasteiger partial charge in [-0.25, -0.2) is 4.99 Å². The first kappa shape index (κ1) is 19.0. The third-order valence-corrected chi connectivity index (χ3v) is 5.23. The highest BCUT2D eigenvalue weighted by atomic mass is 32.2. The largest absolute Gasteiger partial charge is 0.489 e. The van der Waals surface area contributed by atoms with Crippen molar-refractivity contribution in [1.29, 1.82) is 0 Å². The molecular formula is C24H20N2O2S. The molecule has 5 heteroatoms. The van der Waals surface area contributed by atoms with E-state index in [1.807, 2.05) is 60.7 Å². The second-order valence-corrected chi connectivity index (χ2v) is 7.69. The number of para-hydroxylation sites is 1. The summed E-state index contributed by atoms with van der Waals surface area (Å²) in [6.07, 6.45) is 1.85. The minimum Gasteiger partial charge on any atom is -0.489 e. The second kappa shape index (κ2) is 8.80. The number of hydrogen-bond donors (Lipinski definition) is 1. The van der Waals surface area contributed by atoms with Crippen LogP contribution in [-0.2, 0) is 11.4 Å². The van der Waals surface area contributed by atoms with E-state index < -0.39 is 0 Å². The number of nitrogens with one attached hydrogen (secondary N) is 1. The van der Waals surface area contributed by atoms with Crippen molar-refractivity contribution < 1.29 is 9.53 Å². The zero-order chi connectivity index (χ0) is 20.1. The topological polar surface area (TPSA) is 50.7 Å². The lowest BCUT2D eigenvalue weighted by Gasteiger charge is -2.07. The summed E-state index contributed by atoms with van der Waals surface area (Å²) in [5.41, 5.74) is 4.06. The number of amidine groups is 1. The summed E-state index contributed by atoms with van der Waals surface area (Å²) in [7, 11) is 0. The van der Waals surface area contributed by atoms with Crippen LogP contribution in [0.1, 0.15) is 16.7 Å². The van der Waals surface area contributed by atoms with E-state index in [1.54, 1.807) is 0 Å². The molecule has 0 bridgehead atoms. The standard InChI is InChI=1S/C24H20N2O2S/c1-17-10-12-18(13-11-17)16-28-21-9-5-6-19(14-21)15-22-23(27)26-24(29-22)25-20-7-3-2-4-8-20/h2-15H,16H2,1H3,(H,25,26,27)/b22-15-. The average molecular weight is 401 g/mol. The Hall–Kier alpha value is -3.31. The van der Waals surface area contributed by atoms with Crippen LogP contribution in [0.15, 0.2) is 88.8 Å². The van der Waals surface area contributed by atoms with Crippen LogP contribution in [-0.4, -0.2) is 11.1 Å². The Morgan fingerprint density at radius 2 is 1.79 bits per heavy atom. The predicted molar refractivity (Wildman–Crippen MR) is 119 cm³/mol. The maximum Gasteiger partial charge on any atom is 0.264 e. The molecule has 0 aromatic heterocycles. The Kier molecular flexibility index (Phi) is 5.77. The van der Waals surface area contributed by atoms with Gasteiger partial charge in [-0.2, -0.15) is 0 Å². The third-order valence-electron chi connectivity index (χ3n) is 4.32. The number of aryl methyl sites for hydroxylation is 1. The Bertz CT molecular complexity index is 1070. The maximum atomic E-state index is 12.3. The summed E-state index contributed by atoms with van der Waals surface area (Å²) in [6, 6.07) is 25.6. The highest BCUT2D eigenvalue weighted by Crippen LogP contribution is 2.28. The highest BCUT2D eigenvalue weighted by molar-refractivity contribution is 8.18.